The van der Waals surface area contributed by atoms with Crippen molar-refractivity contribution in [1.82, 2.24) is 0 Å². The molecular formula is C39H66O5Si2. The van der Waals surface area contributed by atoms with Gasteiger partial charge < -0.3 is 23.1 Å². The molecule has 0 spiro atoms. The lowest BCUT2D eigenvalue weighted by atomic mass is 9.93. The van der Waals surface area contributed by atoms with Crippen molar-refractivity contribution in [3.63, 3.8) is 0 Å². The monoisotopic (exact) mass is 670 g/mol. The maximum atomic E-state index is 7.75. The number of benzene rings is 2. The van der Waals surface area contributed by atoms with Crippen molar-refractivity contribution in [2.75, 3.05) is 27.9 Å². The van der Waals surface area contributed by atoms with Gasteiger partial charge >= 0.3 is 0 Å². The van der Waals surface area contributed by atoms with Crippen LogP contribution in [0.1, 0.15) is 107 Å². The average molecular weight is 671 g/mol. The van der Waals surface area contributed by atoms with Crippen LogP contribution in [0.5, 0.6) is 17.2 Å². The van der Waals surface area contributed by atoms with Crippen LogP contribution < -0.4 is 14.2 Å². The molecular weight excluding hydrogens is 605 g/mol. The first-order chi connectivity index (χ1) is 21.6. The van der Waals surface area contributed by atoms with E-state index in [0.29, 0.717) is 39.9 Å². The molecule has 0 N–H and O–H groups in total. The van der Waals surface area contributed by atoms with Crippen LogP contribution in [0.4, 0.5) is 0 Å². The van der Waals surface area contributed by atoms with Crippen LogP contribution >= 0.6 is 0 Å². The van der Waals surface area contributed by atoms with Gasteiger partial charge in [0.25, 0.3) is 0 Å². The van der Waals surface area contributed by atoms with Crippen LogP contribution in [-0.2, 0) is 8.85 Å². The number of allylic oxidation sites excluding steroid dienone is 1. The predicted octanol–water partition coefficient (Wildman–Crippen LogP) is 11.9. The van der Waals surface area contributed by atoms with Gasteiger partial charge in [0.2, 0.25) is 8.32 Å². The fourth-order valence-electron chi connectivity index (χ4n) is 8.22. The Balaban J connectivity index is 2.78. The third-order valence-electron chi connectivity index (χ3n) is 10.3. The molecule has 0 heterocycles. The Hall–Kier alpha value is -2.07. The van der Waals surface area contributed by atoms with Crippen LogP contribution in [0.15, 0.2) is 48.5 Å². The minimum Gasteiger partial charge on any atom is -0.497 e. The number of ether oxygens (including phenoxy) is 3. The van der Waals surface area contributed by atoms with E-state index in [-0.39, 0.29) is 12.0 Å². The molecule has 2 aromatic rings. The molecule has 0 bridgehead atoms. The molecule has 0 aliphatic carbocycles. The molecule has 46 heavy (non-hydrogen) atoms. The van der Waals surface area contributed by atoms with E-state index in [1.807, 2.05) is 18.2 Å². The highest BCUT2D eigenvalue weighted by Crippen LogP contribution is 2.49. The quantitative estimate of drug-likeness (QED) is 0.139. The van der Waals surface area contributed by atoms with E-state index in [0.717, 1.165) is 34.8 Å². The first-order valence-electron chi connectivity index (χ1n) is 17.5. The summed E-state index contributed by atoms with van der Waals surface area (Å²) in [7, 11) is 0.669. The molecule has 0 aromatic heterocycles. The third kappa shape index (κ3) is 9.09. The summed E-state index contributed by atoms with van der Waals surface area (Å²) in [5.74, 6) is 2.41. The Kier molecular flexibility index (Phi) is 15.6. The van der Waals surface area contributed by atoms with Crippen molar-refractivity contribution in [2.24, 2.45) is 5.92 Å². The number of rotatable bonds is 19. The lowest BCUT2D eigenvalue weighted by molar-refractivity contribution is 0.0742. The summed E-state index contributed by atoms with van der Waals surface area (Å²) in [6.07, 6.45) is 5.17. The van der Waals surface area contributed by atoms with Gasteiger partial charge in [0.15, 0.2) is 19.8 Å². The first kappa shape index (κ1) is 40.1. The fourth-order valence-corrected chi connectivity index (χ4v) is 19.3. The molecule has 5 nitrogen and oxygen atoms in total. The molecule has 0 fully saturated rings. The van der Waals surface area contributed by atoms with Crippen LogP contribution in [-0.4, -0.2) is 44.6 Å². The third-order valence-corrected chi connectivity index (χ3v) is 22.5. The van der Waals surface area contributed by atoms with Crippen molar-refractivity contribution >= 4 is 22.7 Å². The highest BCUT2D eigenvalue weighted by molar-refractivity contribution is 6.78. The van der Waals surface area contributed by atoms with Gasteiger partial charge in [-0.25, -0.2) is 0 Å². The van der Waals surface area contributed by atoms with Crippen molar-refractivity contribution < 1.29 is 23.1 Å². The van der Waals surface area contributed by atoms with Gasteiger partial charge in [0, 0.05) is 12.5 Å². The van der Waals surface area contributed by atoms with Crippen LogP contribution in [0, 0.1) is 5.92 Å². The largest absolute Gasteiger partial charge is 0.497 e. The maximum absolute atomic E-state index is 7.75. The zero-order valence-electron chi connectivity index (χ0n) is 31.8. The molecule has 0 saturated heterocycles. The summed E-state index contributed by atoms with van der Waals surface area (Å²) in [4.78, 5) is 0. The Morgan fingerprint density at radius 1 is 0.587 bits per heavy atom. The smallest absolute Gasteiger partial charge is 0.201 e. The SMILES string of the molecule is COc1ccc(/C=C/C[C@H](CO[Si](C(C)C)(C(C)C)C(C)C)[C@H](O[Si](C(C)C)(C(C)C)C(C)C)c2ccc(OC)c(OC)c2)cc1. The second kappa shape index (κ2) is 17.9. The molecule has 0 aliphatic heterocycles. The van der Waals surface area contributed by atoms with Gasteiger partial charge in [-0.15, -0.1) is 0 Å². The first-order valence-corrected chi connectivity index (χ1v) is 21.7. The summed E-state index contributed by atoms with van der Waals surface area (Å²) in [5.41, 5.74) is 5.10. The highest BCUT2D eigenvalue weighted by atomic mass is 28.4. The van der Waals surface area contributed by atoms with Crippen LogP contribution in [0.25, 0.3) is 6.08 Å². The Bertz CT molecular complexity index is 1160. The highest BCUT2D eigenvalue weighted by Gasteiger charge is 2.49. The van der Waals surface area contributed by atoms with Gasteiger partial charge in [-0.3, -0.25) is 0 Å². The van der Waals surface area contributed by atoms with Crippen molar-refractivity contribution in [2.45, 2.75) is 129 Å². The van der Waals surface area contributed by atoms with E-state index >= 15 is 0 Å². The molecule has 0 aliphatic rings. The van der Waals surface area contributed by atoms with Crippen LogP contribution in [0.3, 0.4) is 0 Å². The summed E-state index contributed by atoms with van der Waals surface area (Å²) in [6.45, 7) is 29.0. The minimum atomic E-state index is -2.29. The second-order valence-electron chi connectivity index (χ2n) is 14.8. The Morgan fingerprint density at radius 3 is 1.52 bits per heavy atom. The summed E-state index contributed by atoms with van der Waals surface area (Å²) in [6, 6.07) is 14.5. The Labute approximate surface area is 284 Å². The lowest BCUT2D eigenvalue weighted by Gasteiger charge is -2.47. The van der Waals surface area contributed by atoms with Gasteiger partial charge in [-0.1, -0.05) is 113 Å². The second-order valence-corrected chi connectivity index (χ2v) is 25.6. The van der Waals surface area contributed by atoms with E-state index < -0.39 is 16.6 Å². The van der Waals surface area contributed by atoms with E-state index in [2.05, 4.69) is 120 Å². The van der Waals surface area contributed by atoms with Crippen molar-refractivity contribution in [1.29, 1.82) is 0 Å². The summed E-state index contributed by atoms with van der Waals surface area (Å²) in [5, 5.41) is 0. The van der Waals surface area contributed by atoms with Crippen LogP contribution in [0.2, 0.25) is 33.2 Å². The normalized spacial score (nSPS) is 14.4. The van der Waals surface area contributed by atoms with E-state index in [1.165, 1.54) is 0 Å². The molecule has 0 amide bonds. The Morgan fingerprint density at radius 2 is 1.09 bits per heavy atom. The van der Waals surface area contributed by atoms with E-state index in [4.69, 9.17) is 23.1 Å². The molecule has 260 valence electrons. The van der Waals surface area contributed by atoms with Crippen molar-refractivity contribution in [3.8, 4) is 17.2 Å². The predicted molar refractivity (Wildman–Crippen MR) is 202 cm³/mol. The molecule has 0 saturated carbocycles. The lowest BCUT2D eigenvalue weighted by Crippen LogP contribution is -2.51. The standard InChI is InChI=1S/C39H66O5Si2/c1-27(2)45(28(3)4,29(5)6)43-26-35(18-16-17-33-19-22-36(40-13)23-20-33)39(34-21-24-37(41-14)38(25-34)42-15)44-46(30(7)8,31(9)10)32(11)12/h16-17,19-25,27-32,35,39H,18,26H2,1-15H3/b17-16+/t35-,39-/m1/s1. The number of hydrogen-bond donors (Lipinski definition) is 0. The fraction of sp³-hybridized carbons (Fsp3) is 0.641. The molecule has 0 unspecified atom stereocenters. The average Bonchev–Trinajstić information content (AvgIpc) is 3.00. The minimum absolute atomic E-state index is 0.0962. The number of hydrogen-bond acceptors (Lipinski definition) is 5. The van der Waals surface area contributed by atoms with Gasteiger partial charge in [-0.2, -0.15) is 0 Å². The van der Waals surface area contributed by atoms with Gasteiger partial charge in [0.05, 0.1) is 27.4 Å². The molecule has 2 atom stereocenters. The number of methoxy groups -OCH3 is 3. The zero-order valence-corrected chi connectivity index (χ0v) is 33.8. The van der Waals surface area contributed by atoms with E-state index in [9.17, 15) is 0 Å². The van der Waals surface area contributed by atoms with Crippen molar-refractivity contribution in [3.05, 3.63) is 59.7 Å². The maximum Gasteiger partial charge on any atom is 0.201 e. The molecule has 2 aromatic carbocycles. The van der Waals surface area contributed by atoms with E-state index in [1.54, 1.807) is 21.3 Å². The molecule has 7 heteroatoms. The topological polar surface area (TPSA) is 46.2 Å². The van der Waals surface area contributed by atoms with Gasteiger partial charge in [-0.05, 0) is 75.1 Å². The summed E-state index contributed by atoms with van der Waals surface area (Å²) < 4.78 is 32.0. The molecule has 0 radical (unpaired) electrons. The molecule has 2 rings (SSSR count). The van der Waals surface area contributed by atoms with Gasteiger partial charge in [0.1, 0.15) is 5.75 Å². The zero-order chi connectivity index (χ0) is 34.8. The summed E-state index contributed by atoms with van der Waals surface area (Å²) >= 11 is 0.